The summed E-state index contributed by atoms with van der Waals surface area (Å²) in [5, 5.41) is 15.0. The molecule has 8 rings (SSSR count). The summed E-state index contributed by atoms with van der Waals surface area (Å²) in [4.78, 5) is 104. The summed E-state index contributed by atoms with van der Waals surface area (Å²) >= 11 is 0. The van der Waals surface area contributed by atoms with Crippen molar-refractivity contribution in [2.45, 2.75) is 160 Å². The molecule has 4 fully saturated rings. The minimum absolute atomic E-state index is 0.0370. The Kier molecular flexibility index (Phi) is 24.7. The van der Waals surface area contributed by atoms with E-state index in [0.29, 0.717) is 30.5 Å². The van der Waals surface area contributed by atoms with Crippen LogP contribution in [0.3, 0.4) is 0 Å². The van der Waals surface area contributed by atoms with Crippen molar-refractivity contribution in [2.24, 2.45) is 17.8 Å². The SMILES string of the molecule is C=C(N[C@H](C(=O)N1C[C@H](F)C[C@H]1CN(CCc1ccccc1)C(=O)CNC(=O)c1ccc(-c2ccc(C(=O)NCC(=O)N(CCc3ccccc3)C[C@H]3C[C@@H](F)CN3C(=O)[C@@H](NC(=O)[C@H](C)NC)C3CCCCC3)cc2)cc1)C1CCCCC1)[C@H](C)CC. The van der Waals surface area contributed by atoms with Crippen molar-refractivity contribution < 1.29 is 42.3 Å². The maximum absolute atomic E-state index is 15.5. The number of rotatable bonds is 28. The van der Waals surface area contributed by atoms with Gasteiger partial charge in [-0.05, 0) is 123 Å². The molecule has 474 valence electrons. The second-order valence-electron chi connectivity index (χ2n) is 24.9. The Morgan fingerprint density at radius 3 is 1.35 bits per heavy atom. The third-order valence-electron chi connectivity index (χ3n) is 18.8. The second-order valence-corrected chi connectivity index (χ2v) is 24.9. The predicted molar refractivity (Wildman–Crippen MR) is 339 cm³/mol. The van der Waals surface area contributed by atoms with Gasteiger partial charge in [-0.25, -0.2) is 8.78 Å². The minimum Gasteiger partial charge on any atom is -0.377 e. The van der Waals surface area contributed by atoms with Crippen LogP contribution in [0.4, 0.5) is 8.78 Å². The topological polar surface area (TPSA) is 193 Å². The van der Waals surface area contributed by atoms with Crippen molar-refractivity contribution in [3.63, 3.8) is 0 Å². The number of likely N-dealkylation sites (tertiary alicyclic amines) is 2. The van der Waals surface area contributed by atoms with E-state index < -0.39 is 54.4 Å². The summed E-state index contributed by atoms with van der Waals surface area (Å²) in [6, 6.07) is 30.0. The van der Waals surface area contributed by atoms with Crippen LogP contribution < -0.4 is 26.6 Å². The third-order valence-corrected chi connectivity index (χ3v) is 18.8. The third kappa shape index (κ3) is 18.3. The summed E-state index contributed by atoms with van der Waals surface area (Å²) in [7, 11) is 1.68. The van der Waals surface area contributed by atoms with Gasteiger partial charge in [-0.3, -0.25) is 33.6 Å². The van der Waals surface area contributed by atoms with E-state index in [2.05, 4.69) is 47.0 Å². The molecular weight excluding hydrogens is 1120 g/mol. The highest BCUT2D eigenvalue weighted by Crippen LogP contribution is 2.33. The molecule has 4 aromatic carbocycles. The summed E-state index contributed by atoms with van der Waals surface area (Å²) in [6.07, 6.45) is 8.96. The van der Waals surface area contributed by atoms with Gasteiger partial charge in [-0.1, -0.05) is 144 Å². The number of amides is 7. The van der Waals surface area contributed by atoms with Crippen LogP contribution in [0.1, 0.15) is 136 Å². The van der Waals surface area contributed by atoms with Crippen LogP contribution in [0.25, 0.3) is 11.1 Å². The lowest BCUT2D eigenvalue weighted by molar-refractivity contribution is -0.141. The van der Waals surface area contributed by atoms with Gasteiger partial charge in [-0.15, -0.1) is 0 Å². The lowest BCUT2D eigenvalue weighted by Gasteiger charge is -2.37. The van der Waals surface area contributed by atoms with E-state index >= 15 is 8.78 Å². The number of carbonyl (C=O) groups excluding carboxylic acids is 7. The number of alkyl halides is 2. The first-order chi connectivity index (χ1) is 42.5. The van der Waals surface area contributed by atoms with Crippen molar-refractivity contribution >= 4 is 41.4 Å². The van der Waals surface area contributed by atoms with Gasteiger partial charge in [0.05, 0.1) is 44.3 Å². The second kappa shape index (κ2) is 32.7. The largest absolute Gasteiger partial charge is 0.377 e. The van der Waals surface area contributed by atoms with Gasteiger partial charge in [0.15, 0.2) is 0 Å². The molecule has 5 N–H and O–H groups in total. The van der Waals surface area contributed by atoms with Crippen LogP contribution in [-0.2, 0) is 36.8 Å². The maximum atomic E-state index is 15.5. The molecule has 7 amide bonds. The van der Waals surface area contributed by atoms with Crippen molar-refractivity contribution in [1.82, 2.24) is 46.2 Å². The summed E-state index contributed by atoms with van der Waals surface area (Å²) in [5.74, 6) is -2.30. The molecule has 88 heavy (non-hydrogen) atoms. The summed E-state index contributed by atoms with van der Waals surface area (Å²) in [6.45, 7) is 10.1. The number of allylic oxidation sites excluding steroid dienone is 1. The average molecular weight is 1210 g/mol. The zero-order valence-electron chi connectivity index (χ0n) is 52.0. The molecular formula is C70H93F2N9O7. The molecule has 4 aliphatic rings. The standard InChI is InChI=1S/C70H93F2N9O7/c1-6-47(2)48(3)76-64(54-23-15-9-16-24-54)69(87)80-43-58(71)39-60(80)45-78(37-35-50-19-11-7-12-20-50)62(82)41-74-67(85)56-31-27-52(28-32-56)53-29-33-57(34-30-53)68(86)75-42-63(83)79(38-36-51-21-13-8-14-22-51)46-61-40-59(72)44-81(61)70(88)65(55-25-17-10-18-26-55)77-66(84)49(4)73-5/h7-8,11-14,19-22,27-34,47,49,54-55,58-61,64-65,73,76H,3,6,9-10,15-18,23-26,35-46H2,1-2,4-5H3,(H,74,85)(H,75,86)(H,77,84)/t47-,49+,58-,59-,60+,61-,64+,65+/m1/s1. The number of halogens is 2. The van der Waals surface area contributed by atoms with E-state index in [-0.39, 0.29) is 106 Å². The lowest BCUT2D eigenvalue weighted by atomic mass is 9.82. The van der Waals surface area contributed by atoms with E-state index in [0.717, 1.165) is 98.6 Å². The monoisotopic (exact) mass is 1210 g/mol. The van der Waals surface area contributed by atoms with Crippen molar-refractivity contribution in [3.8, 4) is 11.1 Å². The van der Waals surface area contributed by atoms with Crippen LogP contribution in [0.2, 0.25) is 0 Å². The average Bonchev–Trinajstić information content (AvgIpc) is 4.20. The first-order valence-electron chi connectivity index (χ1n) is 32.2. The van der Waals surface area contributed by atoms with Gasteiger partial charge < -0.3 is 46.2 Å². The van der Waals surface area contributed by atoms with E-state index in [1.54, 1.807) is 77.2 Å². The van der Waals surface area contributed by atoms with E-state index in [1.165, 1.54) is 4.90 Å². The number of nitrogens with zero attached hydrogens (tertiary/aromatic N) is 4. The number of benzene rings is 4. The first-order valence-corrected chi connectivity index (χ1v) is 32.2. The van der Waals surface area contributed by atoms with Crippen LogP contribution in [-0.4, -0.2) is 163 Å². The maximum Gasteiger partial charge on any atom is 0.251 e. The lowest BCUT2D eigenvalue weighted by Crippen LogP contribution is -2.58. The summed E-state index contributed by atoms with van der Waals surface area (Å²) < 4.78 is 31.0. The van der Waals surface area contributed by atoms with Crippen LogP contribution in [0.5, 0.6) is 0 Å². The fraction of sp³-hybridized carbons (Fsp3) is 0.529. The highest BCUT2D eigenvalue weighted by molar-refractivity contribution is 5.98. The fourth-order valence-corrected chi connectivity index (χ4v) is 13.0. The zero-order valence-corrected chi connectivity index (χ0v) is 52.0. The molecule has 0 spiro atoms. The molecule has 2 heterocycles. The van der Waals surface area contributed by atoms with Crippen LogP contribution in [0, 0.1) is 17.8 Å². The fourth-order valence-electron chi connectivity index (χ4n) is 13.0. The Morgan fingerprint density at radius 1 is 0.568 bits per heavy atom. The highest BCUT2D eigenvalue weighted by atomic mass is 19.1. The molecule has 0 radical (unpaired) electrons. The van der Waals surface area contributed by atoms with Gasteiger partial charge in [-0.2, -0.15) is 0 Å². The van der Waals surface area contributed by atoms with Gasteiger partial charge in [0.25, 0.3) is 11.8 Å². The Balaban J connectivity index is 0.876. The quantitative estimate of drug-likeness (QED) is 0.0371. The van der Waals surface area contributed by atoms with Crippen LogP contribution >= 0.6 is 0 Å². The van der Waals surface area contributed by atoms with Gasteiger partial charge >= 0.3 is 0 Å². The Morgan fingerprint density at radius 2 is 0.966 bits per heavy atom. The highest BCUT2D eigenvalue weighted by Gasteiger charge is 2.44. The molecule has 2 aliphatic heterocycles. The molecule has 0 bridgehead atoms. The molecule has 2 aliphatic carbocycles. The number of hydrogen-bond acceptors (Lipinski definition) is 9. The normalized spacial score (nSPS) is 20.2. The van der Waals surface area contributed by atoms with Crippen molar-refractivity contribution in [3.05, 3.63) is 144 Å². The Labute approximate surface area is 519 Å². The molecule has 2 saturated carbocycles. The molecule has 16 nitrogen and oxygen atoms in total. The molecule has 0 aromatic heterocycles. The van der Waals surface area contributed by atoms with Gasteiger partial charge in [0, 0.05) is 55.8 Å². The van der Waals surface area contributed by atoms with Gasteiger partial charge in [0.1, 0.15) is 24.4 Å². The van der Waals surface area contributed by atoms with E-state index in [1.807, 2.05) is 60.7 Å². The Hall–Kier alpha value is -7.47. The smallest absolute Gasteiger partial charge is 0.251 e. The van der Waals surface area contributed by atoms with E-state index in [9.17, 15) is 33.6 Å². The summed E-state index contributed by atoms with van der Waals surface area (Å²) in [5.41, 5.74) is 4.96. The first kappa shape index (κ1) is 66.5. The molecule has 0 unspecified atom stereocenters. The molecule has 4 aromatic rings. The number of hydrogen-bond donors (Lipinski definition) is 5. The van der Waals surface area contributed by atoms with Gasteiger partial charge in [0.2, 0.25) is 29.5 Å². The van der Waals surface area contributed by atoms with Crippen LogP contribution in [0.15, 0.2) is 121 Å². The predicted octanol–water partition coefficient (Wildman–Crippen LogP) is 8.61. The zero-order chi connectivity index (χ0) is 62.7. The van der Waals surface area contributed by atoms with Crippen molar-refractivity contribution in [2.75, 3.05) is 59.4 Å². The molecule has 2 saturated heterocycles. The van der Waals surface area contributed by atoms with Crippen molar-refractivity contribution in [1.29, 1.82) is 0 Å². The number of nitrogens with one attached hydrogen (secondary N) is 5. The molecule has 8 atom stereocenters. The van der Waals surface area contributed by atoms with E-state index in [4.69, 9.17) is 0 Å². The Bertz CT molecular complexity index is 2760. The number of carbonyl (C=O) groups is 7. The number of likely N-dealkylation sites (N-methyl/N-ethyl adjacent to an activating group) is 1. The minimum atomic E-state index is -1.31. The molecule has 18 heteroatoms.